The highest BCUT2D eigenvalue weighted by Crippen LogP contribution is 2.09. The van der Waals surface area contributed by atoms with Gasteiger partial charge in [-0.05, 0) is 12.0 Å². The van der Waals surface area contributed by atoms with Gasteiger partial charge >= 0.3 is 5.97 Å². The molecule has 0 radical (unpaired) electrons. The topological polar surface area (TPSA) is 55.1 Å². The molecule has 0 aliphatic rings. The summed E-state index contributed by atoms with van der Waals surface area (Å²) >= 11 is 0. The molecule has 0 atom stereocenters. The van der Waals surface area contributed by atoms with Crippen LogP contribution in [-0.4, -0.2) is 20.9 Å². The lowest BCUT2D eigenvalue weighted by Gasteiger charge is -1.95. The molecule has 1 aromatic rings. The standard InChI is InChI=1S/C9H14N2O2/c1-3-4-7-6-11(2)10-8(7)5-9(12)13/h6H,3-5H2,1-2H3,(H,12,13). The highest BCUT2D eigenvalue weighted by molar-refractivity contribution is 5.69. The molecular weight excluding hydrogens is 168 g/mol. The maximum atomic E-state index is 10.5. The number of nitrogens with zero attached hydrogens (tertiary/aromatic N) is 2. The zero-order valence-corrected chi connectivity index (χ0v) is 7.95. The first kappa shape index (κ1) is 9.77. The van der Waals surface area contributed by atoms with Gasteiger partial charge in [-0.15, -0.1) is 0 Å². The maximum absolute atomic E-state index is 10.5. The maximum Gasteiger partial charge on any atom is 0.309 e. The number of carbonyl (C=O) groups is 1. The number of hydrogen-bond acceptors (Lipinski definition) is 2. The average molecular weight is 182 g/mol. The number of carboxylic acids is 1. The van der Waals surface area contributed by atoms with E-state index in [1.165, 1.54) is 0 Å². The van der Waals surface area contributed by atoms with Gasteiger partial charge in [0.25, 0.3) is 0 Å². The van der Waals surface area contributed by atoms with Gasteiger partial charge in [0.1, 0.15) is 0 Å². The quantitative estimate of drug-likeness (QED) is 0.755. The van der Waals surface area contributed by atoms with Crippen molar-refractivity contribution >= 4 is 5.97 Å². The molecule has 0 spiro atoms. The van der Waals surface area contributed by atoms with E-state index < -0.39 is 5.97 Å². The van der Waals surface area contributed by atoms with E-state index in [-0.39, 0.29) is 6.42 Å². The Kier molecular flexibility index (Phi) is 3.06. The van der Waals surface area contributed by atoms with E-state index in [1.807, 2.05) is 13.2 Å². The Morgan fingerprint density at radius 2 is 2.38 bits per heavy atom. The molecule has 1 heterocycles. The Morgan fingerprint density at radius 1 is 1.69 bits per heavy atom. The van der Waals surface area contributed by atoms with Gasteiger partial charge in [0.15, 0.2) is 0 Å². The van der Waals surface area contributed by atoms with Crippen molar-refractivity contribution in [1.82, 2.24) is 9.78 Å². The molecule has 13 heavy (non-hydrogen) atoms. The predicted molar refractivity (Wildman–Crippen MR) is 48.5 cm³/mol. The average Bonchev–Trinajstić information content (AvgIpc) is 2.31. The molecule has 1 N–H and O–H groups in total. The van der Waals surface area contributed by atoms with Crippen molar-refractivity contribution in [2.24, 2.45) is 7.05 Å². The summed E-state index contributed by atoms with van der Waals surface area (Å²) in [6, 6.07) is 0. The molecule has 1 aromatic heterocycles. The van der Waals surface area contributed by atoms with Gasteiger partial charge in [0.2, 0.25) is 0 Å². The minimum atomic E-state index is -0.823. The highest BCUT2D eigenvalue weighted by atomic mass is 16.4. The zero-order chi connectivity index (χ0) is 9.84. The van der Waals surface area contributed by atoms with E-state index in [4.69, 9.17) is 5.11 Å². The number of carboxylic acid groups (broad SMARTS) is 1. The van der Waals surface area contributed by atoms with Crippen LogP contribution in [0.1, 0.15) is 24.6 Å². The Hall–Kier alpha value is -1.32. The van der Waals surface area contributed by atoms with Crippen LogP contribution in [0.4, 0.5) is 0 Å². The summed E-state index contributed by atoms with van der Waals surface area (Å²) in [4.78, 5) is 10.5. The van der Waals surface area contributed by atoms with Gasteiger partial charge in [-0.1, -0.05) is 13.3 Å². The summed E-state index contributed by atoms with van der Waals surface area (Å²) in [5.41, 5.74) is 1.74. The van der Waals surface area contributed by atoms with Crippen LogP contribution in [0.2, 0.25) is 0 Å². The number of aromatic nitrogens is 2. The lowest BCUT2D eigenvalue weighted by molar-refractivity contribution is -0.136. The van der Waals surface area contributed by atoms with Crippen molar-refractivity contribution < 1.29 is 9.90 Å². The normalized spacial score (nSPS) is 10.3. The van der Waals surface area contributed by atoms with Gasteiger partial charge < -0.3 is 5.11 Å². The third-order valence-electron chi connectivity index (χ3n) is 1.83. The van der Waals surface area contributed by atoms with E-state index in [1.54, 1.807) is 4.68 Å². The van der Waals surface area contributed by atoms with Crippen LogP contribution in [0.5, 0.6) is 0 Å². The van der Waals surface area contributed by atoms with Gasteiger partial charge in [0.05, 0.1) is 12.1 Å². The summed E-state index contributed by atoms with van der Waals surface area (Å²) in [7, 11) is 1.81. The molecule has 0 amide bonds. The molecule has 72 valence electrons. The smallest absolute Gasteiger partial charge is 0.309 e. The minimum absolute atomic E-state index is 0.0240. The van der Waals surface area contributed by atoms with E-state index >= 15 is 0 Å². The van der Waals surface area contributed by atoms with Crippen molar-refractivity contribution in [2.45, 2.75) is 26.2 Å². The number of rotatable bonds is 4. The van der Waals surface area contributed by atoms with Gasteiger partial charge in [0, 0.05) is 13.2 Å². The second-order valence-electron chi connectivity index (χ2n) is 3.10. The zero-order valence-electron chi connectivity index (χ0n) is 7.95. The van der Waals surface area contributed by atoms with Gasteiger partial charge in [-0.2, -0.15) is 5.10 Å². The second kappa shape index (κ2) is 4.07. The fraction of sp³-hybridized carbons (Fsp3) is 0.556. The summed E-state index contributed by atoms with van der Waals surface area (Å²) in [5.74, 6) is -0.823. The number of aryl methyl sites for hydroxylation is 2. The molecular formula is C9H14N2O2. The molecule has 4 nitrogen and oxygen atoms in total. The highest BCUT2D eigenvalue weighted by Gasteiger charge is 2.09. The van der Waals surface area contributed by atoms with Crippen LogP contribution < -0.4 is 0 Å². The van der Waals surface area contributed by atoms with Crippen molar-refractivity contribution in [3.05, 3.63) is 17.5 Å². The Bertz CT molecular complexity index is 305. The summed E-state index contributed by atoms with van der Waals surface area (Å²) in [6.07, 6.45) is 3.83. The fourth-order valence-corrected chi connectivity index (χ4v) is 1.35. The molecule has 0 unspecified atom stereocenters. The van der Waals surface area contributed by atoms with Crippen LogP contribution in [0.3, 0.4) is 0 Å². The molecule has 0 aromatic carbocycles. The minimum Gasteiger partial charge on any atom is -0.481 e. The number of aliphatic carboxylic acids is 1. The van der Waals surface area contributed by atoms with Crippen molar-refractivity contribution in [3.8, 4) is 0 Å². The Balaban J connectivity index is 2.83. The van der Waals surface area contributed by atoms with Crippen LogP contribution >= 0.6 is 0 Å². The van der Waals surface area contributed by atoms with Crippen molar-refractivity contribution in [3.63, 3.8) is 0 Å². The first-order valence-corrected chi connectivity index (χ1v) is 4.36. The SMILES string of the molecule is CCCc1cn(C)nc1CC(=O)O. The Morgan fingerprint density at radius 3 is 2.92 bits per heavy atom. The summed E-state index contributed by atoms with van der Waals surface area (Å²) in [5, 5.41) is 12.7. The van der Waals surface area contributed by atoms with Crippen LogP contribution in [0.25, 0.3) is 0 Å². The predicted octanol–water partition coefficient (Wildman–Crippen LogP) is 1.000. The molecule has 0 bridgehead atoms. The van der Waals surface area contributed by atoms with Crippen LogP contribution in [0, 0.1) is 0 Å². The van der Waals surface area contributed by atoms with E-state index in [0.29, 0.717) is 5.69 Å². The Labute approximate surface area is 77.2 Å². The van der Waals surface area contributed by atoms with E-state index in [9.17, 15) is 4.79 Å². The largest absolute Gasteiger partial charge is 0.481 e. The van der Waals surface area contributed by atoms with E-state index in [2.05, 4.69) is 12.0 Å². The molecule has 0 saturated heterocycles. The van der Waals surface area contributed by atoms with Crippen molar-refractivity contribution in [2.75, 3.05) is 0 Å². The van der Waals surface area contributed by atoms with E-state index in [0.717, 1.165) is 18.4 Å². The lowest BCUT2D eigenvalue weighted by Crippen LogP contribution is -2.03. The third kappa shape index (κ3) is 2.57. The molecule has 0 fully saturated rings. The van der Waals surface area contributed by atoms with Gasteiger partial charge in [-0.3, -0.25) is 9.48 Å². The summed E-state index contributed by atoms with van der Waals surface area (Å²) in [6.45, 7) is 2.07. The lowest BCUT2D eigenvalue weighted by atomic mass is 10.1. The molecule has 0 aliphatic carbocycles. The van der Waals surface area contributed by atoms with Gasteiger partial charge in [-0.25, -0.2) is 0 Å². The first-order valence-electron chi connectivity index (χ1n) is 4.36. The first-order chi connectivity index (χ1) is 6.13. The third-order valence-corrected chi connectivity index (χ3v) is 1.83. The molecule has 4 heteroatoms. The molecule has 0 aliphatic heterocycles. The summed E-state index contributed by atoms with van der Waals surface area (Å²) < 4.78 is 1.67. The van der Waals surface area contributed by atoms with Crippen molar-refractivity contribution in [1.29, 1.82) is 0 Å². The molecule has 0 saturated carbocycles. The van der Waals surface area contributed by atoms with Crippen LogP contribution in [-0.2, 0) is 24.7 Å². The van der Waals surface area contributed by atoms with Crippen LogP contribution in [0.15, 0.2) is 6.20 Å². The number of hydrogen-bond donors (Lipinski definition) is 1. The monoisotopic (exact) mass is 182 g/mol. The fourth-order valence-electron chi connectivity index (χ4n) is 1.35. The second-order valence-corrected chi connectivity index (χ2v) is 3.10. The molecule has 1 rings (SSSR count).